The van der Waals surface area contributed by atoms with E-state index in [0.717, 1.165) is 96.3 Å². The maximum Gasteiger partial charge on any atom is 0.306 e. The standard InChI is InChI=1S/C65H108O6/c1-4-7-10-13-16-19-22-25-27-29-31-32-34-35-37-40-43-46-49-52-55-58-64(67)70-61-62(60-69-63(66)57-54-51-48-45-42-39-24-21-18-15-12-9-6-3)71-65(68)59-56-53-50-47-44-41-38-36-33-30-28-26-23-20-17-14-11-8-5-2/h9,12,17-18,20-22,25-26,28-29,31,34-35,39,42,48,51,62H,4-8,10-11,13-16,19,23-24,27,30,32-33,36-38,40-41,43-47,49-50,52-61H2,1-3H3/b12-9-,20-17-,21-18-,25-22-,28-26-,31-29-,35-34-,42-39-,51-48-. The second kappa shape index (κ2) is 58.6. The molecule has 71 heavy (non-hydrogen) atoms. The summed E-state index contributed by atoms with van der Waals surface area (Å²) in [5.74, 6) is -1.01. The van der Waals surface area contributed by atoms with E-state index >= 15 is 0 Å². The third kappa shape index (κ3) is 56.9. The number of unbranched alkanes of at least 4 members (excludes halogenated alkanes) is 23. The van der Waals surface area contributed by atoms with E-state index in [-0.39, 0.29) is 37.5 Å². The van der Waals surface area contributed by atoms with Crippen LogP contribution >= 0.6 is 0 Å². The highest BCUT2D eigenvalue weighted by atomic mass is 16.6. The fraction of sp³-hybridized carbons (Fsp3) is 0.677. The summed E-state index contributed by atoms with van der Waals surface area (Å²) >= 11 is 0. The van der Waals surface area contributed by atoms with E-state index < -0.39 is 6.10 Å². The van der Waals surface area contributed by atoms with Gasteiger partial charge in [-0.25, -0.2) is 0 Å². The van der Waals surface area contributed by atoms with Crippen molar-refractivity contribution in [2.24, 2.45) is 0 Å². The Kier molecular flexibility index (Phi) is 55.4. The summed E-state index contributed by atoms with van der Waals surface area (Å²) in [6.45, 7) is 6.41. The number of hydrogen-bond acceptors (Lipinski definition) is 6. The van der Waals surface area contributed by atoms with Gasteiger partial charge in [-0.15, -0.1) is 0 Å². The summed E-state index contributed by atoms with van der Waals surface area (Å²) in [7, 11) is 0. The molecule has 0 aromatic heterocycles. The van der Waals surface area contributed by atoms with Crippen molar-refractivity contribution in [2.75, 3.05) is 13.2 Å². The predicted molar refractivity (Wildman–Crippen MR) is 307 cm³/mol. The van der Waals surface area contributed by atoms with Crippen LogP contribution in [0.25, 0.3) is 0 Å². The molecular formula is C65H108O6. The summed E-state index contributed by atoms with van der Waals surface area (Å²) in [6.07, 6.45) is 79.5. The van der Waals surface area contributed by atoms with Crippen molar-refractivity contribution in [3.05, 3.63) is 109 Å². The van der Waals surface area contributed by atoms with Gasteiger partial charge in [-0.05, 0) is 116 Å². The lowest BCUT2D eigenvalue weighted by Gasteiger charge is -2.18. The lowest BCUT2D eigenvalue weighted by atomic mass is 10.1. The first kappa shape index (κ1) is 67.1. The number of ether oxygens (including phenoxy) is 3. The van der Waals surface area contributed by atoms with Crippen molar-refractivity contribution >= 4 is 17.9 Å². The summed E-state index contributed by atoms with van der Waals surface area (Å²) in [6, 6.07) is 0. The van der Waals surface area contributed by atoms with E-state index in [1.807, 2.05) is 6.08 Å². The fourth-order valence-corrected chi connectivity index (χ4v) is 7.85. The van der Waals surface area contributed by atoms with Crippen molar-refractivity contribution in [1.82, 2.24) is 0 Å². The molecular weight excluding hydrogens is 877 g/mol. The van der Waals surface area contributed by atoms with E-state index in [1.165, 1.54) is 122 Å². The summed E-state index contributed by atoms with van der Waals surface area (Å²) in [4.78, 5) is 38.1. The van der Waals surface area contributed by atoms with Crippen molar-refractivity contribution in [2.45, 2.75) is 271 Å². The average molecular weight is 986 g/mol. The molecule has 0 saturated heterocycles. The molecule has 0 N–H and O–H groups in total. The molecule has 0 spiro atoms. The van der Waals surface area contributed by atoms with Crippen molar-refractivity contribution in [3.63, 3.8) is 0 Å². The van der Waals surface area contributed by atoms with Gasteiger partial charge in [0, 0.05) is 19.3 Å². The number of esters is 3. The molecule has 0 radical (unpaired) electrons. The minimum absolute atomic E-state index is 0.110. The monoisotopic (exact) mass is 985 g/mol. The highest BCUT2D eigenvalue weighted by Crippen LogP contribution is 2.14. The zero-order chi connectivity index (χ0) is 51.4. The van der Waals surface area contributed by atoms with E-state index in [0.29, 0.717) is 19.3 Å². The molecule has 0 amide bonds. The van der Waals surface area contributed by atoms with Gasteiger partial charge in [0.05, 0.1) is 0 Å². The number of rotatable bonds is 52. The molecule has 0 heterocycles. The Hall–Kier alpha value is -3.93. The van der Waals surface area contributed by atoms with Gasteiger partial charge in [0.25, 0.3) is 0 Å². The second-order valence-electron chi connectivity index (χ2n) is 19.2. The maximum absolute atomic E-state index is 12.9. The first-order valence-corrected chi connectivity index (χ1v) is 29.4. The molecule has 0 aromatic rings. The molecule has 0 fully saturated rings. The van der Waals surface area contributed by atoms with E-state index in [4.69, 9.17) is 14.2 Å². The maximum atomic E-state index is 12.9. The predicted octanol–water partition coefficient (Wildman–Crippen LogP) is 19.9. The van der Waals surface area contributed by atoms with Crippen LogP contribution in [-0.2, 0) is 28.6 Å². The molecule has 0 aliphatic heterocycles. The van der Waals surface area contributed by atoms with Crippen LogP contribution in [0.15, 0.2) is 109 Å². The molecule has 0 aromatic carbocycles. The summed E-state index contributed by atoms with van der Waals surface area (Å²) in [5.41, 5.74) is 0. The smallest absolute Gasteiger partial charge is 0.306 e. The number of carbonyl (C=O) groups excluding carboxylic acids is 3. The third-order valence-electron chi connectivity index (χ3n) is 12.2. The Morgan fingerprint density at radius 3 is 0.972 bits per heavy atom. The van der Waals surface area contributed by atoms with Crippen LogP contribution in [0, 0.1) is 0 Å². The largest absolute Gasteiger partial charge is 0.462 e. The van der Waals surface area contributed by atoms with Gasteiger partial charge >= 0.3 is 17.9 Å². The molecule has 0 aliphatic carbocycles. The lowest BCUT2D eigenvalue weighted by Crippen LogP contribution is -2.30. The highest BCUT2D eigenvalue weighted by molar-refractivity contribution is 5.71. The van der Waals surface area contributed by atoms with Crippen molar-refractivity contribution < 1.29 is 28.6 Å². The molecule has 0 bridgehead atoms. The normalized spacial score (nSPS) is 12.9. The van der Waals surface area contributed by atoms with E-state index in [9.17, 15) is 14.4 Å². The number of allylic oxidation sites excluding steroid dienone is 18. The van der Waals surface area contributed by atoms with Gasteiger partial charge in [-0.1, -0.05) is 239 Å². The van der Waals surface area contributed by atoms with Crippen LogP contribution in [0.5, 0.6) is 0 Å². The fourth-order valence-electron chi connectivity index (χ4n) is 7.85. The Balaban J connectivity index is 4.45. The molecule has 0 saturated carbocycles. The van der Waals surface area contributed by atoms with Crippen LogP contribution in [0.4, 0.5) is 0 Å². The van der Waals surface area contributed by atoms with Gasteiger partial charge in [0.2, 0.25) is 0 Å². The first-order valence-electron chi connectivity index (χ1n) is 29.4. The zero-order valence-corrected chi connectivity index (χ0v) is 46.2. The zero-order valence-electron chi connectivity index (χ0n) is 46.2. The first-order chi connectivity index (χ1) is 35.0. The van der Waals surface area contributed by atoms with E-state index in [1.54, 1.807) is 0 Å². The van der Waals surface area contributed by atoms with Crippen LogP contribution < -0.4 is 0 Å². The van der Waals surface area contributed by atoms with Crippen LogP contribution in [0.2, 0.25) is 0 Å². The van der Waals surface area contributed by atoms with Gasteiger partial charge in [0.1, 0.15) is 13.2 Å². The minimum atomic E-state index is -0.817. The quantitative estimate of drug-likeness (QED) is 0.0261. The number of hydrogen-bond donors (Lipinski definition) is 0. The van der Waals surface area contributed by atoms with Gasteiger partial charge in [0.15, 0.2) is 6.10 Å². The van der Waals surface area contributed by atoms with Gasteiger partial charge in [-0.3, -0.25) is 14.4 Å². The Morgan fingerprint density at radius 2 is 0.577 bits per heavy atom. The van der Waals surface area contributed by atoms with Gasteiger partial charge < -0.3 is 14.2 Å². The van der Waals surface area contributed by atoms with Crippen LogP contribution in [0.1, 0.15) is 265 Å². The Morgan fingerprint density at radius 1 is 0.296 bits per heavy atom. The Labute approximate surface area is 438 Å². The van der Waals surface area contributed by atoms with Crippen molar-refractivity contribution in [3.8, 4) is 0 Å². The highest BCUT2D eigenvalue weighted by Gasteiger charge is 2.19. The second-order valence-corrected chi connectivity index (χ2v) is 19.2. The van der Waals surface area contributed by atoms with Gasteiger partial charge in [-0.2, -0.15) is 0 Å². The number of carbonyl (C=O) groups is 3. The summed E-state index contributed by atoms with van der Waals surface area (Å²) < 4.78 is 16.8. The molecule has 1 unspecified atom stereocenters. The SMILES string of the molecule is CC/C=C\C/C=C\C/C=C\C/C=C\CCC(=O)OCC(COC(=O)CCCCCCCC/C=C\C/C=C\C/C=C\CCCCCCC)OC(=O)CCCCCCCCCCC/C=C\C/C=C\CCCCC. The van der Waals surface area contributed by atoms with Crippen molar-refractivity contribution in [1.29, 1.82) is 0 Å². The molecule has 6 nitrogen and oxygen atoms in total. The topological polar surface area (TPSA) is 78.9 Å². The molecule has 6 heteroatoms. The van der Waals surface area contributed by atoms with Crippen LogP contribution in [-0.4, -0.2) is 37.2 Å². The molecule has 404 valence electrons. The lowest BCUT2D eigenvalue weighted by molar-refractivity contribution is -0.166. The summed E-state index contributed by atoms with van der Waals surface area (Å²) in [5, 5.41) is 0. The molecule has 0 aliphatic rings. The molecule has 1 atom stereocenters. The minimum Gasteiger partial charge on any atom is -0.462 e. The average Bonchev–Trinajstić information content (AvgIpc) is 3.37. The Bertz CT molecular complexity index is 1460. The van der Waals surface area contributed by atoms with Crippen LogP contribution in [0.3, 0.4) is 0 Å². The van der Waals surface area contributed by atoms with E-state index in [2.05, 4.69) is 124 Å². The molecule has 0 rings (SSSR count). The third-order valence-corrected chi connectivity index (χ3v) is 12.2.